The Morgan fingerprint density at radius 3 is 2.81 bits per heavy atom. The topological polar surface area (TPSA) is 29.5 Å². The zero-order valence-corrected chi connectivity index (χ0v) is 17.4. The van der Waals surface area contributed by atoms with Crippen molar-refractivity contribution in [2.75, 3.05) is 20.2 Å². The highest BCUT2D eigenvalue weighted by Gasteiger charge is 2.57. The van der Waals surface area contributed by atoms with E-state index in [1.807, 2.05) is 0 Å². The Hall–Kier alpha value is -1.06. The molecule has 1 aliphatic heterocycles. The van der Waals surface area contributed by atoms with Crippen molar-refractivity contribution in [3.63, 3.8) is 0 Å². The molecular weight excluding hydrogens is 358 g/mol. The maximum Gasteiger partial charge on any atom is 0.136 e. The number of carbonyl (C=O) groups is 1. The molecule has 2 bridgehead atoms. The Morgan fingerprint density at radius 2 is 2.11 bits per heavy atom. The number of ketones is 1. The van der Waals surface area contributed by atoms with Gasteiger partial charge in [0.05, 0.1) is 7.11 Å². The lowest BCUT2D eigenvalue weighted by atomic mass is 9.50. The van der Waals surface area contributed by atoms with E-state index in [9.17, 15) is 4.79 Å². The van der Waals surface area contributed by atoms with Crippen LogP contribution in [0.15, 0.2) is 18.2 Å². The van der Waals surface area contributed by atoms with Gasteiger partial charge in [0.2, 0.25) is 0 Å². The first-order valence-electron chi connectivity index (χ1n) is 10.5. The summed E-state index contributed by atoms with van der Waals surface area (Å²) in [7, 11) is 1.75. The fraction of sp³-hybridized carbons (Fsp3) is 0.696. The van der Waals surface area contributed by atoms with Gasteiger partial charge in [-0.05, 0) is 73.7 Å². The Bertz CT molecular complexity index is 731. The Kier molecular flexibility index (Phi) is 5.05. The third-order valence-corrected chi connectivity index (χ3v) is 8.14. The molecule has 0 aromatic heterocycles. The monoisotopic (exact) mass is 389 g/mol. The summed E-state index contributed by atoms with van der Waals surface area (Å²) in [5.41, 5.74) is 2.96. The molecule has 1 aromatic carbocycles. The first-order valence-corrected chi connectivity index (χ1v) is 10.5. The Labute approximate surface area is 169 Å². The molecular formula is C23H32ClNO2. The summed E-state index contributed by atoms with van der Waals surface area (Å²) >= 11 is 0. The van der Waals surface area contributed by atoms with Crippen LogP contribution in [0.5, 0.6) is 5.75 Å². The van der Waals surface area contributed by atoms with Gasteiger partial charge in [-0.25, -0.2) is 0 Å². The molecule has 0 N–H and O–H groups in total. The first-order chi connectivity index (χ1) is 12.6. The number of rotatable bonds is 3. The molecule has 2 unspecified atom stereocenters. The van der Waals surface area contributed by atoms with Crippen molar-refractivity contribution in [2.24, 2.45) is 17.8 Å². The molecule has 27 heavy (non-hydrogen) atoms. The van der Waals surface area contributed by atoms with Crippen LogP contribution in [0.1, 0.15) is 56.6 Å². The molecule has 0 radical (unpaired) electrons. The summed E-state index contributed by atoms with van der Waals surface area (Å²) in [6.45, 7) is 4.60. The third-order valence-electron chi connectivity index (χ3n) is 8.14. The van der Waals surface area contributed by atoms with Crippen molar-refractivity contribution in [2.45, 2.75) is 63.3 Å². The standard InChI is InChI=1S/C23H31NO2.ClH/c1-15-10-20-21-11-17-6-7-18(26-2)12-19(17)23(20,13-22(15)25)8-9-24(21)14-16-4-3-5-16;/h6-7,12,15-16,20-21H,3-5,8-11,13-14H2,1-2H3;1H/t15-,20-,21?,23?;/m1./s1. The smallest absolute Gasteiger partial charge is 0.136 e. The minimum atomic E-state index is 0. The number of fused-ring (bicyclic) bond motifs is 1. The number of halogens is 1. The lowest BCUT2D eigenvalue weighted by Crippen LogP contribution is -2.63. The van der Waals surface area contributed by atoms with E-state index in [0.717, 1.165) is 43.9 Å². The maximum atomic E-state index is 12.8. The second-order valence-electron chi connectivity index (χ2n) is 9.38. The van der Waals surface area contributed by atoms with Gasteiger partial charge in [-0.1, -0.05) is 19.4 Å². The fourth-order valence-electron chi connectivity index (χ4n) is 6.40. The number of benzene rings is 1. The number of piperidine rings is 1. The quantitative estimate of drug-likeness (QED) is 0.767. The minimum absolute atomic E-state index is 0. The van der Waals surface area contributed by atoms with Crippen LogP contribution in [0.4, 0.5) is 0 Å². The highest BCUT2D eigenvalue weighted by molar-refractivity contribution is 5.85. The van der Waals surface area contributed by atoms with E-state index in [0.29, 0.717) is 17.7 Å². The van der Waals surface area contributed by atoms with E-state index in [2.05, 4.69) is 30.0 Å². The molecule has 4 atom stereocenters. The van der Waals surface area contributed by atoms with Crippen LogP contribution in [0.3, 0.4) is 0 Å². The van der Waals surface area contributed by atoms with Crippen molar-refractivity contribution >= 4 is 18.2 Å². The molecule has 0 amide bonds. The Morgan fingerprint density at radius 1 is 1.30 bits per heavy atom. The van der Waals surface area contributed by atoms with Crippen molar-refractivity contribution in [3.8, 4) is 5.75 Å². The van der Waals surface area contributed by atoms with Gasteiger partial charge >= 0.3 is 0 Å². The van der Waals surface area contributed by atoms with E-state index in [-0.39, 0.29) is 23.7 Å². The molecule has 3 fully saturated rings. The summed E-state index contributed by atoms with van der Waals surface area (Å²) in [6, 6.07) is 7.26. The SMILES string of the molecule is COc1ccc2c(c1)C13CCN(CC4CCC4)C(C2)[C@H]1C[C@@H](C)C(=O)C3.Cl. The molecule has 5 rings (SSSR count). The van der Waals surface area contributed by atoms with Gasteiger partial charge in [0.15, 0.2) is 0 Å². The highest BCUT2D eigenvalue weighted by atomic mass is 35.5. The molecule has 148 valence electrons. The number of carbonyl (C=O) groups excluding carboxylic acids is 1. The van der Waals surface area contributed by atoms with Crippen LogP contribution in [0.2, 0.25) is 0 Å². The molecule has 2 saturated carbocycles. The number of methoxy groups -OCH3 is 1. The van der Waals surface area contributed by atoms with E-state index < -0.39 is 0 Å². The summed E-state index contributed by atoms with van der Waals surface area (Å²) in [4.78, 5) is 15.6. The van der Waals surface area contributed by atoms with Crippen molar-refractivity contribution in [3.05, 3.63) is 29.3 Å². The predicted molar refractivity (Wildman–Crippen MR) is 110 cm³/mol. The highest BCUT2D eigenvalue weighted by Crippen LogP contribution is 2.56. The van der Waals surface area contributed by atoms with E-state index in [4.69, 9.17) is 4.74 Å². The second kappa shape index (κ2) is 7.08. The fourth-order valence-corrected chi connectivity index (χ4v) is 6.40. The normalized spacial score (nSPS) is 35.5. The van der Waals surface area contributed by atoms with Crippen LogP contribution < -0.4 is 4.74 Å². The molecule has 0 spiro atoms. The Balaban J connectivity index is 0.00000180. The largest absolute Gasteiger partial charge is 0.497 e. The van der Waals surface area contributed by atoms with Crippen LogP contribution in [-0.2, 0) is 16.6 Å². The number of likely N-dealkylation sites (tertiary alicyclic amines) is 1. The number of ether oxygens (including phenoxy) is 1. The molecule has 4 heteroatoms. The van der Waals surface area contributed by atoms with Gasteiger partial charge in [-0.3, -0.25) is 9.69 Å². The summed E-state index contributed by atoms with van der Waals surface area (Å²) in [5, 5.41) is 0. The zero-order chi connectivity index (χ0) is 17.9. The molecule has 4 aliphatic rings. The summed E-state index contributed by atoms with van der Waals surface area (Å²) < 4.78 is 5.54. The average molecular weight is 390 g/mol. The number of Topliss-reactive ketones (excluding diaryl/α,β-unsaturated/α-hetero) is 1. The molecule has 1 aromatic rings. The molecule has 1 saturated heterocycles. The van der Waals surface area contributed by atoms with E-state index in [1.54, 1.807) is 7.11 Å². The van der Waals surface area contributed by atoms with Gasteiger partial charge in [0, 0.05) is 30.3 Å². The van der Waals surface area contributed by atoms with Crippen molar-refractivity contribution in [1.29, 1.82) is 0 Å². The van der Waals surface area contributed by atoms with Crippen LogP contribution in [0.25, 0.3) is 0 Å². The number of nitrogens with zero attached hydrogens (tertiary/aromatic N) is 1. The summed E-state index contributed by atoms with van der Waals surface area (Å²) in [6.07, 6.45) is 8.36. The molecule has 3 aliphatic carbocycles. The second-order valence-corrected chi connectivity index (χ2v) is 9.38. The van der Waals surface area contributed by atoms with E-state index in [1.165, 1.54) is 36.9 Å². The predicted octanol–water partition coefficient (Wildman–Crippen LogP) is 4.40. The van der Waals surface area contributed by atoms with E-state index >= 15 is 0 Å². The molecule has 3 nitrogen and oxygen atoms in total. The molecule has 1 heterocycles. The van der Waals surface area contributed by atoms with Gasteiger partial charge in [-0.2, -0.15) is 0 Å². The van der Waals surface area contributed by atoms with Gasteiger partial charge in [-0.15, -0.1) is 12.4 Å². The minimum Gasteiger partial charge on any atom is -0.497 e. The maximum absolute atomic E-state index is 12.8. The lowest BCUT2D eigenvalue weighted by Gasteiger charge is -2.60. The number of hydrogen-bond acceptors (Lipinski definition) is 3. The van der Waals surface area contributed by atoms with Crippen molar-refractivity contribution < 1.29 is 9.53 Å². The van der Waals surface area contributed by atoms with Crippen molar-refractivity contribution in [1.82, 2.24) is 4.90 Å². The van der Waals surface area contributed by atoms with Gasteiger partial charge < -0.3 is 4.74 Å². The van der Waals surface area contributed by atoms with Crippen LogP contribution in [0, 0.1) is 17.8 Å². The zero-order valence-electron chi connectivity index (χ0n) is 16.6. The van der Waals surface area contributed by atoms with Gasteiger partial charge in [0.1, 0.15) is 11.5 Å². The lowest BCUT2D eigenvalue weighted by molar-refractivity contribution is -0.132. The number of hydrogen-bond donors (Lipinski definition) is 0. The van der Waals surface area contributed by atoms with Crippen LogP contribution in [-0.4, -0.2) is 36.9 Å². The average Bonchev–Trinajstić information content (AvgIpc) is 2.60. The van der Waals surface area contributed by atoms with Gasteiger partial charge in [0.25, 0.3) is 0 Å². The van der Waals surface area contributed by atoms with Crippen LogP contribution >= 0.6 is 12.4 Å². The first kappa shape index (κ1) is 19.3. The summed E-state index contributed by atoms with van der Waals surface area (Å²) in [5.74, 6) is 3.19. The third kappa shape index (κ3) is 2.93.